The SMILES string of the molecule is NS(=O)(=O)CCNCCC1=CCCCC1. The first kappa shape index (κ1) is 12.7. The number of sulfonamides is 1. The van der Waals surface area contributed by atoms with Crippen molar-refractivity contribution in [2.75, 3.05) is 18.8 Å². The highest BCUT2D eigenvalue weighted by molar-refractivity contribution is 7.89. The van der Waals surface area contributed by atoms with Gasteiger partial charge in [-0.2, -0.15) is 0 Å². The van der Waals surface area contributed by atoms with Crippen LogP contribution in [0.25, 0.3) is 0 Å². The van der Waals surface area contributed by atoms with Gasteiger partial charge in [0.05, 0.1) is 5.75 Å². The van der Waals surface area contributed by atoms with Gasteiger partial charge >= 0.3 is 0 Å². The van der Waals surface area contributed by atoms with E-state index in [0.717, 1.165) is 13.0 Å². The standard InChI is InChI=1S/C10H20N2O2S/c11-15(13,14)9-8-12-7-6-10-4-2-1-3-5-10/h4,12H,1-3,5-9H2,(H2,11,13,14). The van der Waals surface area contributed by atoms with Gasteiger partial charge in [-0.25, -0.2) is 13.6 Å². The Labute approximate surface area is 92.0 Å². The summed E-state index contributed by atoms with van der Waals surface area (Å²) < 4.78 is 21.2. The average Bonchev–Trinajstić information content (AvgIpc) is 2.17. The largest absolute Gasteiger partial charge is 0.315 e. The second-order valence-electron chi connectivity index (χ2n) is 3.98. The fourth-order valence-corrected chi connectivity index (χ4v) is 2.15. The Morgan fingerprint density at radius 1 is 1.33 bits per heavy atom. The maximum atomic E-state index is 10.6. The maximum absolute atomic E-state index is 10.6. The maximum Gasteiger partial charge on any atom is 0.210 e. The molecule has 0 aromatic carbocycles. The summed E-state index contributed by atoms with van der Waals surface area (Å²) in [6, 6.07) is 0. The molecule has 0 aliphatic heterocycles. The van der Waals surface area contributed by atoms with E-state index in [0.29, 0.717) is 6.54 Å². The van der Waals surface area contributed by atoms with Crippen LogP contribution < -0.4 is 10.5 Å². The number of nitrogens with two attached hydrogens (primary N) is 1. The highest BCUT2D eigenvalue weighted by atomic mass is 32.2. The van der Waals surface area contributed by atoms with Crippen LogP contribution in [-0.2, 0) is 10.0 Å². The molecule has 0 bridgehead atoms. The lowest BCUT2D eigenvalue weighted by Crippen LogP contribution is -2.27. The summed E-state index contributed by atoms with van der Waals surface area (Å²) in [4.78, 5) is 0. The van der Waals surface area contributed by atoms with Crippen LogP contribution in [0.1, 0.15) is 32.1 Å². The zero-order valence-corrected chi connectivity index (χ0v) is 9.85. The predicted octanol–water partition coefficient (Wildman–Crippen LogP) is 0.755. The molecule has 0 atom stereocenters. The molecule has 5 heteroatoms. The summed E-state index contributed by atoms with van der Waals surface area (Å²) in [5.41, 5.74) is 1.50. The second kappa shape index (κ2) is 6.25. The first-order chi connectivity index (χ1) is 7.08. The van der Waals surface area contributed by atoms with Crippen molar-refractivity contribution in [3.8, 4) is 0 Å². The van der Waals surface area contributed by atoms with Gasteiger partial charge in [-0.15, -0.1) is 0 Å². The van der Waals surface area contributed by atoms with E-state index in [2.05, 4.69) is 11.4 Å². The van der Waals surface area contributed by atoms with Crippen molar-refractivity contribution in [1.29, 1.82) is 0 Å². The molecule has 0 unspecified atom stereocenters. The molecule has 15 heavy (non-hydrogen) atoms. The van der Waals surface area contributed by atoms with Crippen LogP contribution in [0.2, 0.25) is 0 Å². The quantitative estimate of drug-likeness (QED) is 0.524. The van der Waals surface area contributed by atoms with E-state index >= 15 is 0 Å². The number of primary sulfonamides is 1. The summed E-state index contributed by atoms with van der Waals surface area (Å²) in [5, 5.41) is 7.97. The Bertz CT molecular complexity index is 309. The van der Waals surface area contributed by atoms with E-state index < -0.39 is 10.0 Å². The smallest absolute Gasteiger partial charge is 0.210 e. The van der Waals surface area contributed by atoms with Crippen molar-refractivity contribution in [2.24, 2.45) is 5.14 Å². The number of hydrogen-bond donors (Lipinski definition) is 2. The number of nitrogens with one attached hydrogen (secondary N) is 1. The molecule has 0 heterocycles. The van der Waals surface area contributed by atoms with E-state index in [1.165, 1.54) is 31.3 Å². The summed E-state index contributed by atoms with van der Waals surface area (Å²) in [6.07, 6.45) is 8.35. The third-order valence-electron chi connectivity index (χ3n) is 2.57. The van der Waals surface area contributed by atoms with E-state index in [1.54, 1.807) is 0 Å². The van der Waals surface area contributed by atoms with Gasteiger partial charge in [0.25, 0.3) is 0 Å². The molecule has 0 radical (unpaired) electrons. The van der Waals surface area contributed by atoms with Crippen molar-refractivity contribution < 1.29 is 8.42 Å². The summed E-state index contributed by atoms with van der Waals surface area (Å²) in [7, 11) is -3.31. The Morgan fingerprint density at radius 3 is 2.73 bits per heavy atom. The van der Waals surface area contributed by atoms with Gasteiger partial charge in [0, 0.05) is 6.54 Å². The van der Waals surface area contributed by atoms with E-state index in [1.807, 2.05) is 0 Å². The van der Waals surface area contributed by atoms with Crippen LogP contribution in [0.15, 0.2) is 11.6 Å². The summed E-state index contributed by atoms with van der Waals surface area (Å²) in [5.74, 6) is 0.0199. The molecule has 0 saturated heterocycles. The molecule has 3 N–H and O–H groups in total. The van der Waals surface area contributed by atoms with Gasteiger partial charge in [0.2, 0.25) is 10.0 Å². The fourth-order valence-electron chi connectivity index (χ4n) is 1.72. The van der Waals surface area contributed by atoms with Crippen LogP contribution in [0.3, 0.4) is 0 Å². The van der Waals surface area contributed by atoms with Gasteiger partial charge in [0.15, 0.2) is 0 Å². The predicted molar refractivity (Wildman–Crippen MR) is 62.0 cm³/mol. The topological polar surface area (TPSA) is 72.2 Å². The molecule has 0 saturated carbocycles. The van der Waals surface area contributed by atoms with E-state index in [4.69, 9.17) is 5.14 Å². The highest BCUT2D eigenvalue weighted by Crippen LogP contribution is 2.19. The first-order valence-corrected chi connectivity index (χ1v) is 7.18. The van der Waals surface area contributed by atoms with Crippen LogP contribution in [0.5, 0.6) is 0 Å². The van der Waals surface area contributed by atoms with E-state index in [9.17, 15) is 8.42 Å². The van der Waals surface area contributed by atoms with Crippen LogP contribution in [-0.4, -0.2) is 27.3 Å². The van der Waals surface area contributed by atoms with E-state index in [-0.39, 0.29) is 5.75 Å². The van der Waals surface area contributed by atoms with Crippen molar-refractivity contribution in [2.45, 2.75) is 32.1 Å². The number of rotatable bonds is 6. The molecule has 0 amide bonds. The molecule has 88 valence electrons. The molecule has 1 rings (SSSR count). The van der Waals surface area contributed by atoms with Crippen LogP contribution in [0, 0.1) is 0 Å². The minimum absolute atomic E-state index is 0.0199. The Morgan fingerprint density at radius 2 is 2.13 bits per heavy atom. The lowest BCUT2D eigenvalue weighted by molar-refractivity contribution is 0.591. The van der Waals surface area contributed by atoms with Gasteiger partial charge in [0.1, 0.15) is 0 Å². The molecule has 0 aromatic heterocycles. The highest BCUT2D eigenvalue weighted by Gasteiger charge is 2.04. The third-order valence-corrected chi connectivity index (χ3v) is 3.34. The lowest BCUT2D eigenvalue weighted by atomic mass is 9.97. The number of hydrogen-bond acceptors (Lipinski definition) is 3. The van der Waals surface area contributed by atoms with Gasteiger partial charge < -0.3 is 5.32 Å². The van der Waals surface area contributed by atoms with Crippen LogP contribution >= 0.6 is 0 Å². The average molecular weight is 232 g/mol. The molecule has 4 nitrogen and oxygen atoms in total. The third kappa shape index (κ3) is 6.65. The van der Waals surface area contributed by atoms with Crippen molar-refractivity contribution in [3.63, 3.8) is 0 Å². The minimum atomic E-state index is -3.31. The van der Waals surface area contributed by atoms with Gasteiger partial charge in [-0.1, -0.05) is 11.6 Å². The Hall–Kier alpha value is -0.390. The van der Waals surface area contributed by atoms with Crippen molar-refractivity contribution in [3.05, 3.63) is 11.6 Å². The number of allylic oxidation sites excluding steroid dienone is 1. The van der Waals surface area contributed by atoms with Gasteiger partial charge in [-0.3, -0.25) is 0 Å². The molecule has 0 aromatic rings. The Kier molecular flexibility index (Phi) is 5.28. The zero-order chi connectivity index (χ0) is 11.1. The molecule has 0 fully saturated rings. The second-order valence-corrected chi connectivity index (χ2v) is 5.71. The summed E-state index contributed by atoms with van der Waals surface area (Å²) in [6.45, 7) is 1.30. The van der Waals surface area contributed by atoms with Gasteiger partial charge in [-0.05, 0) is 38.6 Å². The molecule has 1 aliphatic rings. The lowest BCUT2D eigenvalue weighted by Gasteiger charge is -2.12. The fraction of sp³-hybridized carbons (Fsp3) is 0.800. The Balaban J connectivity index is 2.04. The molecular weight excluding hydrogens is 212 g/mol. The minimum Gasteiger partial charge on any atom is -0.315 e. The molecule has 1 aliphatic carbocycles. The summed E-state index contributed by atoms with van der Waals surface area (Å²) >= 11 is 0. The monoisotopic (exact) mass is 232 g/mol. The first-order valence-electron chi connectivity index (χ1n) is 5.47. The normalized spacial score (nSPS) is 17.5. The zero-order valence-electron chi connectivity index (χ0n) is 9.04. The van der Waals surface area contributed by atoms with Crippen molar-refractivity contribution >= 4 is 10.0 Å². The van der Waals surface area contributed by atoms with Crippen molar-refractivity contribution in [1.82, 2.24) is 5.32 Å². The molecule has 0 spiro atoms. The molecular formula is C10H20N2O2S. The van der Waals surface area contributed by atoms with Crippen LogP contribution in [0.4, 0.5) is 0 Å².